The topological polar surface area (TPSA) is 29.9 Å². The van der Waals surface area contributed by atoms with E-state index in [4.69, 9.17) is 11.6 Å². The summed E-state index contributed by atoms with van der Waals surface area (Å²) in [6.07, 6.45) is 2.49. The summed E-state index contributed by atoms with van der Waals surface area (Å²) in [6.45, 7) is 2.19. The van der Waals surface area contributed by atoms with E-state index >= 15 is 0 Å². The van der Waals surface area contributed by atoms with Crippen LogP contribution in [0.3, 0.4) is 0 Å². The Hall–Kier alpha value is -1.06. The van der Waals surface area contributed by atoms with Gasteiger partial charge >= 0.3 is 0 Å². The first-order chi connectivity index (χ1) is 8.27. The Morgan fingerprint density at radius 1 is 1.47 bits per heavy atom. The van der Waals surface area contributed by atoms with E-state index < -0.39 is 0 Å². The Morgan fingerprint density at radius 3 is 3.12 bits per heavy atom. The van der Waals surface area contributed by atoms with E-state index in [1.807, 2.05) is 17.8 Å². The van der Waals surface area contributed by atoms with Crippen molar-refractivity contribution in [2.24, 2.45) is 7.05 Å². The van der Waals surface area contributed by atoms with Gasteiger partial charge < -0.3 is 5.32 Å². The molecule has 0 aliphatic carbocycles. The van der Waals surface area contributed by atoms with Gasteiger partial charge in [0, 0.05) is 19.0 Å². The summed E-state index contributed by atoms with van der Waals surface area (Å²) in [5, 5.41) is 9.44. The third-order valence-electron chi connectivity index (χ3n) is 3.59. The van der Waals surface area contributed by atoms with Gasteiger partial charge in [-0.1, -0.05) is 23.7 Å². The van der Waals surface area contributed by atoms with Crippen LogP contribution in [0.4, 0.5) is 0 Å². The average molecular weight is 250 g/mol. The van der Waals surface area contributed by atoms with E-state index in [1.54, 1.807) is 0 Å². The van der Waals surface area contributed by atoms with Crippen molar-refractivity contribution in [2.45, 2.75) is 18.8 Å². The number of aromatic nitrogens is 2. The van der Waals surface area contributed by atoms with E-state index in [0.29, 0.717) is 11.1 Å². The van der Waals surface area contributed by atoms with Crippen LogP contribution >= 0.6 is 11.6 Å². The van der Waals surface area contributed by atoms with Gasteiger partial charge in [-0.2, -0.15) is 5.10 Å². The van der Waals surface area contributed by atoms with Crippen molar-refractivity contribution in [1.82, 2.24) is 15.1 Å². The molecule has 1 N–H and O–H groups in total. The first-order valence-electron chi connectivity index (χ1n) is 6.09. The SMILES string of the molecule is Cn1nc(Cl)c2cccc(C3CCCNC3)c21. The molecule has 4 heteroatoms. The van der Waals surface area contributed by atoms with Crippen LogP contribution in [-0.4, -0.2) is 22.9 Å². The maximum atomic E-state index is 6.14. The number of halogens is 1. The highest BCUT2D eigenvalue weighted by Gasteiger charge is 2.20. The van der Waals surface area contributed by atoms with Crippen molar-refractivity contribution in [1.29, 1.82) is 0 Å². The van der Waals surface area contributed by atoms with E-state index in [1.165, 1.54) is 23.9 Å². The highest BCUT2D eigenvalue weighted by Crippen LogP contribution is 2.32. The molecule has 2 aromatic rings. The van der Waals surface area contributed by atoms with Crippen molar-refractivity contribution in [2.75, 3.05) is 13.1 Å². The summed E-state index contributed by atoms with van der Waals surface area (Å²) < 4.78 is 1.90. The monoisotopic (exact) mass is 249 g/mol. The molecule has 1 fully saturated rings. The second kappa shape index (κ2) is 4.31. The molecule has 0 bridgehead atoms. The van der Waals surface area contributed by atoms with E-state index in [-0.39, 0.29) is 0 Å². The lowest BCUT2D eigenvalue weighted by Gasteiger charge is -2.23. The second-order valence-corrected chi connectivity index (χ2v) is 5.06. The molecule has 1 saturated heterocycles. The molecule has 1 aromatic carbocycles. The molecule has 0 amide bonds. The lowest BCUT2D eigenvalue weighted by atomic mass is 9.90. The Bertz CT molecular complexity index is 541. The summed E-state index contributed by atoms with van der Waals surface area (Å²) in [7, 11) is 1.97. The number of para-hydroxylation sites is 1. The number of hydrogen-bond donors (Lipinski definition) is 1. The molecule has 1 atom stereocenters. The van der Waals surface area contributed by atoms with Crippen molar-refractivity contribution >= 4 is 22.5 Å². The van der Waals surface area contributed by atoms with Gasteiger partial charge in [-0.25, -0.2) is 0 Å². The fraction of sp³-hybridized carbons (Fsp3) is 0.462. The van der Waals surface area contributed by atoms with Gasteiger partial charge in [0.2, 0.25) is 0 Å². The smallest absolute Gasteiger partial charge is 0.158 e. The van der Waals surface area contributed by atoms with Crippen molar-refractivity contribution in [3.05, 3.63) is 28.9 Å². The molecule has 17 heavy (non-hydrogen) atoms. The van der Waals surface area contributed by atoms with Gasteiger partial charge in [-0.05, 0) is 36.9 Å². The molecule has 3 rings (SSSR count). The van der Waals surface area contributed by atoms with Crippen LogP contribution in [-0.2, 0) is 7.05 Å². The van der Waals surface area contributed by atoms with Crippen molar-refractivity contribution in [3.63, 3.8) is 0 Å². The average Bonchev–Trinajstić information content (AvgIpc) is 2.66. The minimum absolute atomic E-state index is 0.582. The zero-order chi connectivity index (χ0) is 11.8. The molecule has 1 aliphatic heterocycles. The lowest BCUT2D eigenvalue weighted by molar-refractivity contribution is 0.462. The molecule has 0 saturated carbocycles. The quantitative estimate of drug-likeness (QED) is 0.842. The van der Waals surface area contributed by atoms with Crippen LogP contribution in [0.15, 0.2) is 18.2 Å². The standard InChI is InChI=1S/C13H16ClN3/c1-17-12-10(9-4-3-7-15-8-9)5-2-6-11(12)13(14)16-17/h2,5-6,9,15H,3-4,7-8H2,1H3. The molecule has 3 nitrogen and oxygen atoms in total. The highest BCUT2D eigenvalue weighted by atomic mass is 35.5. The van der Waals surface area contributed by atoms with Crippen LogP contribution in [0.25, 0.3) is 10.9 Å². The van der Waals surface area contributed by atoms with E-state index in [9.17, 15) is 0 Å². The normalized spacial score (nSPS) is 20.9. The number of benzene rings is 1. The lowest BCUT2D eigenvalue weighted by Crippen LogP contribution is -2.28. The maximum absolute atomic E-state index is 6.14. The van der Waals surface area contributed by atoms with Gasteiger partial charge in [0.25, 0.3) is 0 Å². The number of fused-ring (bicyclic) bond motifs is 1. The summed E-state index contributed by atoms with van der Waals surface area (Å²) in [5.74, 6) is 0.582. The fourth-order valence-electron chi connectivity index (χ4n) is 2.77. The predicted octanol–water partition coefficient (Wildman–Crippen LogP) is 2.69. The zero-order valence-electron chi connectivity index (χ0n) is 9.91. The molecule has 0 spiro atoms. The van der Waals surface area contributed by atoms with Gasteiger partial charge in [0.05, 0.1) is 5.52 Å². The van der Waals surface area contributed by atoms with Crippen LogP contribution in [0.1, 0.15) is 24.3 Å². The van der Waals surface area contributed by atoms with Gasteiger partial charge in [0.15, 0.2) is 5.15 Å². The third-order valence-corrected chi connectivity index (χ3v) is 3.87. The van der Waals surface area contributed by atoms with Crippen LogP contribution in [0, 0.1) is 0 Å². The molecule has 1 unspecified atom stereocenters. The second-order valence-electron chi connectivity index (χ2n) is 4.70. The van der Waals surface area contributed by atoms with Crippen molar-refractivity contribution < 1.29 is 0 Å². The predicted molar refractivity (Wildman–Crippen MR) is 70.6 cm³/mol. The number of rotatable bonds is 1. The van der Waals surface area contributed by atoms with Crippen LogP contribution in [0.2, 0.25) is 5.15 Å². The van der Waals surface area contributed by atoms with Crippen LogP contribution in [0.5, 0.6) is 0 Å². The molecule has 2 heterocycles. The van der Waals surface area contributed by atoms with E-state index in [0.717, 1.165) is 18.5 Å². The minimum atomic E-state index is 0.582. The van der Waals surface area contributed by atoms with Gasteiger partial charge in [0.1, 0.15) is 0 Å². The molecule has 0 radical (unpaired) electrons. The van der Waals surface area contributed by atoms with Crippen LogP contribution < -0.4 is 5.32 Å². The summed E-state index contributed by atoms with van der Waals surface area (Å²) in [5.41, 5.74) is 2.56. The minimum Gasteiger partial charge on any atom is -0.316 e. The summed E-state index contributed by atoms with van der Waals surface area (Å²) in [6, 6.07) is 6.34. The Kier molecular flexibility index (Phi) is 2.81. The third kappa shape index (κ3) is 1.83. The maximum Gasteiger partial charge on any atom is 0.158 e. The highest BCUT2D eigenvalue weighted by molar-refractivity contribution is 6.34. The molecule has 1 aromatic heterocycles. The number of piperidine rings is 1. The Morgan fingerprint density at radius 2 is 2.35 bits per heavy atom. The summed E-state index contributed by atoms with van der Waals surface area (Å²) in [4.78, 5) is 0. The number of hydrogen-bond acceptors (Lipinski definition) is 2. The van der Waals surface area contributed by atoms with Gasteiger partial charge in [-0.15, -0.1) is 0 Å². The van der Waals surface area contributed by atoms with Gasteiger partial charge in [-0.3, -0.25) is 4.68 Å². The number of aryl methyl sites for hydroxylation is 1. The molecular formula is C13H16ClN3. The first-order valence-corrected chi connectivity index (χ1v) is 6.47. The molecular weight excluding hydrogens is 234 g/mol. The number of nitrogens with one attached hydrogen (secondary N) is 1. The van der Waals surface area contributed by atoms with E-state index in [2.05, 4.69) is 22.5 Å². The Balaban J connectivity index is 2.15. The van der Waals surface area contributed by atoms with Crippen molar-refractivity contribution in [3.8, 4) is 0 Å². The Labute approximate surface area is 106 Å². The molecule has 90 valence electrons. The first kappa shape index (κ1) is 11.1. The summed E-state index contributed by atoms with van der Waals surface area (Å²) >= 11 is 6.14. The zero-order valence-corrected chi connectivity index (χ0v) is 10.7. The largest absolute Gasteiger partial charge is 0.316 e. The molecule has 1 aliphatic rings. The number of nitrogens with zero attached hydrogens (tertiary/aromatic N) is 2. The fourth-order valence-corrected chi connectivity index (χ4v) is 3.04.